The van der Waals surface area contributed by atoms with Gasteiger partial charge < -0.3 is 4.98 Å². The van der Waals surface area contributed by atoms with Crippen molar-refractivity contribution in [3.05, 3.63) is 58.6 Å². The highest BCUT2D eigenvalue weighted by Gasteiger charge is 2.07. The first-order chi connectivity index (χ1) is 9.19. The number of halogens is 1. The maximum Gasteiger partial charge on any atom is 0.182 e. The summed E-state index contributed by atoms with van der Waals surface area (Å²) in [5, 5.41) is 0. The quantitative estimate of drug-likeness (QED) is 0.686. The number of imidazole rings is 1. The Morgan fingerprint density at radius 1 is 1.21 bits per heavy atom. The molecule has 0 atom stereocenters. The third-order valence-electron chi connectivity index (χ3n) is 3.22. The minimum Gasteiger partial charge on any atom is -0.330 e. The van der Waals surface area contributed by atoms with Gasteiger partial charge in [0.1, 0.15) is 5.82 Å². The Morgan fingerprint density at radius 3 is 2.84 bits per heavy atom. The average molecular weight is 272 g/mol. The molecule has 3 aromatic rings. The van der Waals surface area contributed by atoms with Gasteiger partial charge in [-0.25, -0.2) is 4.39 Å². The Morgan fingerprint density at radius 2 is 2.05 bits per heavy atom. The van der Waals surface area contributed by atoms with Crippen LogP contribution >= 0.6 is 12.2 Å². The standard InChI is InChI=1S/C15H13FN2S/c1-2-10-4-3-5-12(8-10)18-14-7-6-11(16)9-13(14)17-15(18)19/h3-9H,2H2,1H3,(H,17,19). The van der Waals surface area contributed by atoms with Crippen LogP contribution in [0.2, 0.25) is 0 Å². The second kappa shape index (κ2) is 4.63. The van der Waals surface area contributed by atoms with E-state index < -0.39 is 0 Å². The van der Waals surface area contributed by atoms with Crippen molar-refractivity contribution in [1.29, 1.82) is 0 Å². The lowest BCUT2D eigenvalue weighted by Gasteiger charge is -2.06. The van der Waals surface area contributed by atoms with E-state index in [0.29, 0.717) is 10.3 Å². The fourth-order valence-corrected chi connectivity index (χ4v) is 2.57. The lowest BCUT2D eigenvalue weighted by molar-refractivity contribution is 0.629. The summed E-state index contributed by atoms with van der Waals surface area (Å²) < 4.78 is 15.7. The minimum absolute atomic E-state index is 0.266. The summed E-state index contributed by atoms with van der Waals surface area (Å²) in [5.41, 5.74) is 3.85. The Bertz CT molecular complexity index is 801. The van der Waals surface area contributed by atoms with E-state index >= 15 is 0 Å². The van der Waals surface area contributed by atoms with E-state index in [1.165, 1.54) is 17.7 Å². The maximum absolute atomic E-state index is 13.2. The van der Waals surface area contributed by atoms with Crippen LogP contribution in [0.1, 0.15) is 12.5 Å². The highest BCUT2D eigenvalue weighted by atomic mass is 32.1. The van der Waals surface area contributed by atoms with Crippen molar-refractivity contribution >= 4 is 23.3 Å². The number of benzene rings is 2. The number of fused-ring (bicyclic) bond motifs is 1. The molecule has 1 N–H and O–H groups in total. The molecular formula is C15H13FN2S. The summed E-state index contributed by atoms with van der Waals surface area (Å²) in [6.07, 6.45) is 0.970. The van der Waals surface area contributed by atoms with Crippen LogP contribution in [0.25, 0.3) is 16.7 Å². The number of rotatable bonds is 2. The lowest BCUT2D eigenvalue weighted by atomic mass is 10.1. The van der Waals surface area contributed by atoms with E-state index in [4.69, 9.17) is 12.2 Å². The lowest BCUT2D eigenvalue weighted by Crippen LogP contribution is -1.95. The molecule has 3 rings (SSSR count). The van der Waals surface area contributed by atoms with Crippen molar-refractivity contribution in [2.24, 2.45) is 0 Å². The SMILES string of the molecule is CCc1cccc(-n2c(=S)[nH]c3cc(F)ccc32)c1. The largest absolute Gasteiger partial charge is 0.330 e. The Hall–Kier alpha value is -1.94. The van der Waals surface area contributed by atoms with Crippen LogP contribution in [-0.4, -0.2) is 9.55 Å². The van der Waals surface area contributed by atoms with Gasteiger partial charge in [0.25, 0.3) is 0 Å². The minimum atomic E-state index is -0.266. The van der Waals surface area contributed by atoms with E-state index in [0.717, 1.165) is 17.6 Å². The zero-order valence-electron chi connectivity index (χ0n) is 10.5. The van der Waals surface area contributed by atoms with Gasteiger partial charge in [0.05, 0.1) is 11.0 Å². The van der Waals surface area contributed by atoms with E-state index in [1.54, 1.807) is 6.07 Å². The van der Waals surface area contributed by atoms with Crippen LogP contribution in [0.3, 0.4) is 0 Å². The molecule has 2 aromatic carbocycles. The summed E-state index contributed by atoms with van der Waals surface area (Å²) in [7, 11) is 0. The molecule has 0 spiro atoms. The zero-order chi connectivity index (χ0) is 13.4. The fraction of sp³-hybridized carbons (Fsp3) is 0.133. The molecular weight excluding hydrogens is 259 g/mol. The first-order valence-electron chi connectivity index (χ1n) is 6.18. The predicted molar refractivity (Wildman–Crippen MR) is 77.8 cm³/mol. The second-order valence-corrected chi connectivity index (χ2v) is 4.84. The molecule has 0 amide bonds. The monoisotopic (exact) mass is 272 g/mol. The predicted octanol–water partition coefficient (Wildman–Crippen LogP) is 4.39. The van der Waals surface area contributed by atoms with Crippen molar-refractivity contribution < 1.29 is 4.39 Å². The van der Waals surface area contributed by atoms with Crippen LogP contribution in [0.15, 0.2) is 42.5 Å². The summed E-state index contributed by atoms with van der Waals surface area (Å²) >= 11 is 5.34. The van der Waals surface area contributed by atoms with Crippen LogP contribution in [0, 0.1) is 10.6 Å². The van der Waals surface area contributed by atoms with Crippen molar-refractivity contribution in [1.82, 2.24) is 9.55 Å². The van der Waals surface area contributed by atoms with Gasteiger partial charge >= 0.3 is 0 Å². The van der Waals surface area contributed by atoms with Gasteiger partial charge in [-0.05, 0) is 54.5 Å². The number of aryl methyl sites for hydroxylation is 1. The second-order valence-electron chi connectivity index (χ2n) is 4.45. The van der Waals surface area contributed by atoms with E-state index in [9.17, 15) is 4.39 Å². The topological polar surface area (TPSA) is 20.7 Å². The third kappa shape index (κ3) is 2.08. The van der Waals surface area contributed by atoms with Crippen LogP contribution < -0.4 is 0 Å². The summed E-state index contributed by atoms with van der Waals surface area (Å²) in [6, 6.07) is 12.9. The van der Waals surface area contributed by atoms with E-state index in [1.807, 2.05) is 16.7 Å². The summed E-state index contributed by atoms with van der Waals surface area (Å²) in [4.78, 5) is 3.04. The Labute approximate surface area is 115 Å². The highest BCUT2D eigenvalue weighted by molar-refractivity contribution is 7.71. The molecule has 0 aliphatic heterocycles. The normalized spacial score (nSPS) is 11.1. The summed E-state index contributed by atoms with van der Waals surface area (Å²) in [6.45, 7) is 2.11. The molecule has 0 aliphatic rings. The maximum atomic E-state index is 13.2. The number of nitrogens with zero attached hydrogens (tertiary/aromatic N) is 1. The Balaban J connectivity index is 2.29. The molecule has 0 unspecified atom stereocenters. The third-order valence-corrected chi connectivity index (χ3v) is 3.51. The average Bonchev–Trinajstić information content (AvgIpc) is 2.73. The van der Waals surface area contributed by atoms with Crippen LogP contribution in [0.5, 0.6) is 0 Å². The van der Waals surface area contributed by atoms with E-state index in [-0.39, 0.29) is 5.82 Å². The number of nitrogens with one attached hydrogen (secondary N) is 1. The van der Waals surface area contributed by atoms with Gasteiger partial charge in [-0.3, -0.25) is 4.57 Å². The number of hydrogen-bond acceptors (Lipinski definition) is 1. The van der Waals surface area contributed by atoms with E-state index in [2.05, 4.69) is 24.0 Å². The van der Waals surface area contributed by atoms with Crippen molar-refractivity contribution in [2.75, 3.05) is 0 Å². The van der Waals surface area contributed by atoms with Gasteiger partial charge in [0.15, 0.2) is 4.77 Å². The highest BCUT2D eigenvalue weighted by Crippen LogP contribution is 2.21. The molecule has 0 fully saturated rings. The number of hydrogen-bond donors (Lipinski definition) is 1. The van der Waals surface area contributed by atoms with Crippen molar-refractivity contribution in [3.63, 3.8) is 0 Å². The van der Waals surface area contributed by atoms with Crippen LogP contribution in [0.4, 0.5) is 4.39 Å². The Kier molecular flexibility index (Phi) is 2.95. The molecule has 19 heavy (non-hydrogen) atoms. The number of aromatic nitrogens is 2. The molecule has 4 heteroatoms. The molecule has 1 heterocycles. The number of H-pyrrole nitrogens is 1. The molecule has 1 aromatic heterocycles. The molecule has 0 saturated heterocycles. The van der Waals surface area contributed by atoms with Gasteiger partial charge in [0, 0.05) is 5.69 Å². The smallest absolute Gasteiger partial charge is 0.182 e. The van der Waals surface area contributed by atoms with Crippen molar-refractivity contribution in [3.8, 4) is 5.69 Å². The van der Waals surface area contributed by atoms with Crippen molar-refractivity contribution in [2.45, 2.75) is 13.3 Å². The van der Waals surface area contributed by atoms with Gasteiger partial charge in [-0.1, -0.05) is 19.1 Å². The zero-order valence-corrected chi connectivity index (χ0v) is 11.3. The summed E-state index contributed by atoms with van der Waals surface area (Å²) in [5.74, 6) is -0.266. The molecule has 0 radical (unpaired) electrons. The molecule has 2 nitrogen and oxygen atoms in total. The molecule has 0 bridgehead atoms. The first-order valence-corrected chi connectivity index (χ1v) is 6.59. The molecule has 96 valence electrons. The number of aromatic amines is 1. The van der Waals surface area contributed by atoms with Gasteiger partial charge in [-0.15, -0.1) is 0 Å². The first kappa shape index (κ1) is 12.1. The fourth-order valence-electron chi connectivity index (χ4n) is 2.26. The molecule has 0 saturated carbocycles. The van der Waals surface area contributed by atoms with Gasteiger partial charge in [0.2, 0.25) is 0 Å². The molecule has 0 aliphatic carbocycles. The van der Waals surface area contributed by atoms with Gasteiger partial charge in [-0.2, -0.15) is 0 Å². The van der Waals surface area contributed by atoms with Crippen LogP contribution in [-0.2, 0) is 6.42 Å².